The number of rotatable bonds is 10. The second kappa shape index (κ2) is 9.02. The number of benzene rings is 1. The van der Waals surface area contributed by atoms with E-state index < -0.39 is 11.9 Å². The number of hydrogen-bond donors (Lipinski definition) is 0. The summed E-state index contributed by atoms with van der Waals surface area (Å²) in [6, 6.07) is 0. The van der Waals surface area contributed by atoms with Gasteiger partial charge in [-0.25, -0.2) is 9.59 Å². The number of ether oxygens (including phenoxy) is 2. The van der Waals surface area contributed by atoms with Crippen molar-refractivity contribution in [3.05, 3.63) is 27.8 Å². The number of esters is 2. The molecule has 4 heteroatoms. The van der Waals surface area contributed by atoms with Crippen molar-refractivity contribution in [3.63, 3.8) is 0 Å². The largest absolute Gasteiger partial charge is 0.492 e. The van der Waals surface area contributed by atoms with Gasteiger partial charge in [0.1, 0.15) is 11.3 Å². The molecule has 0 aliphatic carbocycles. The van der Waals surface area contributed by atoms with Gasteiger partial charge in [-0.1, -0.05) is 51.9 Å². The Hall–Kier alpha value is -1.84. The highest BCUT2D eigenvalue weighted by atomic mass is 16.6. The van der Waals surface area contributed by atoms with Crippen molar-refractivity contribution in [3.8, 4) is 5.75 Å². The molecule has 0 unspecified atom stereocenters. The fourth-order valence-electron chi connectivity index (χ4n) is 3.35. The maximum Gasteiger partial charge on any atom is 0.350 e. The molecule has 1 aliphatic rings. The molecule has 0 radical (unpaired) electrons. The van der Waals surface area contributed by atoms with Gasteiger partial charge in [-0.2, -0.15) is 0 Å². The van der Waals surface area contributed by atoms with Crippen LogP contribution in [0, 0.1) is 20.8 Å². The van der Waals surface area contributed by atoms with Gasteiger partial charge in [0.15, 0.2) is 0 Å². The molecular weight excluding hydrogens is 316 g/mol. The lowest BCUT2D eigenvalue weighted by Gasteiger charge is -2.16. The first kappa shape index (κ1) is 19.5. The molecule has 0 amide bonds. The summed E-state index contributed by atoms with van der Waals surface area (Å²) in [5.74, 6) is -0.619. The highest BCUT2D eigenvalue weighted by Gasteiger charge is 2.37. The van der Waals surface area contributed by atoms with Crippen molar-refractivity contribution < 1.29 is 19.1 Å². The summed E-state index contributed by atoms with van der Waals surface area (Å²) >= 11 is 0. The maximum absolute atomic E-state index is 12.0. The van der Waals surface area contributed by atoms with Crippen LogP contribution in [0.5, 0.6) is 5.75 Å². The molecule has 0 aromatic heterocycles. The van der Waals surface area contributed by atoms with Crippen LogP contribution in [0.1, 0.15) is 95.7 Å². The normalized spacial score (nSPS) is 13.1. The molecule has 2 rings (SSSR count). The summed E-state index contributed by atoms with van der Waals surface area (Å²) in [7, 11) is 0. The Bertz CT molecular complexity index is 646. The minimum absolute atomic E-state index is 0.310. The molecule has 1 aromatic carbocycles. The second-order valence-corrected chi connectivity index (χ2v) is 6.95. The molecule has 25 heavy (non-hydrogen) atoms. The van der Waals surface area contributed by atoms with Crippen LogP contribution in [0.25, 0.3) is 0 Å². The Kier molecular flexibility index (Phi) is 7.03. The standard InChI is InChI=1S/C21H30O4/c1-5-6-7-8-9-10-11-12-13-24-19-16(4)14(2)15(3)17-18(19)21(23)25-20(17)22/h5-13H2,1-4H3. The molecule has 0 spiro atoms. The molecule has 1 aromatic rings. The zero-order valence-corrected chi connectivity index (χ0v) is 16.0. The monoisotopic (exact) mass is 346 g/mol. The van der Waals surface area contributed by atoms with Gasteiger partial charge >= 0.3 is 11.9 Å². The summed E-state index contributed by atoms with van der Waals surface area (Å²) in [6.45, 7) is 8.52. The molecule has 0 fully saturated rings. The van der Waals surface area contributed by atoms with Crippen molar-refractivity contribution >= 4 is 11.9 Å². The van der Waals surface area contributed by atoms with Crippen LogP contribution in [0.15, 0.2) is 0 Å². The van der Waals surface area contributed by atoms with Crippen molar-refractivity contribution in [1.29, 1.82) is 0 Å². The van der Waals surface area contributed by atoms with E-state index in [2.05, 4.69) is 6.92 Å². The van der Waals surface area contributed by atoms with Crippen molar-refractivity contribution in [2.24, 2.45) is 0 Å². The van der Waals surface area contributed by atoms with Crippen molar-refractivity contribution in [2.75, 3.05) is 6.61 Å². The van der Waals surface area contributed by atoms with Crippen LogP contribution >= 0.6 is 0 Å². The lowest BCUT2D eigenvalue weighted by atomic mass is 9.93. The lowest BCUT2D eigenvalue weighted by Crippen LogP contribution is -2.08. The highest BCUT2D eigenvalue weighted by Crippen LogP contribution is 2.37. The van der Waals surface area contributed by atoms with Crippen molar-refractivity contribution in [2.45, 2.75) is 79.1 Å². The molecule has 0 N–H and O–H groups in total. The molecule has 1 heterocycles. The van der Waals surface area contributed by atoms with Gasteiger partial charge < -0.3 is 9.47 Å². The topological polar surface area (TPSA) is 52.6 Å². The summed E-state index contributed by atoms with van der Waals surface area (Å²) in [5.41, 5.74) is 3.39. The third kappa shape index (κ3) is 4.42. The van der Waals surface area contributed by atoms with Gasteiger partial charge in [-0.05, 0) is 43.9 Å². The lowest BCUT2D eigenvalue weighted by molar-refractivity contribution is 0.0442. The van der Waals surface area contributed by atoms with E-state index in [9.17, 15) is 9.59 Å². The Morgan fingerprint density at radius 1 is 0.720 bits per heavy atom. The first-order valence-electron chi connectivity index (χ1n) is 9.52. The first-order chi connectivity index (χ1) is 12.0. The second-order valence-electron chi connectivity index (χ2n) is 6.95. The van der Waals surface area contributed by atoms with E-state index in [0.717, 1.165) is 29.5 Å². The number of carbonyl (C=O) groups is 2. The zero-order chi connectivity index (χ0) is 18.4. The van der Waals surface area contributed by atoms with Crippen LogP contribution in [0.2, 0.25) is 0 Å². The summed E-state index contributed by atoms with van der Waals surface area (Å²) in [4.78, 5) is 24.0. The molecule has 1 aliphatic heterocycles. The van der Waals surface area contributed by atoms with Crippen LogP contribution in [0.4, 0.5) is 0 Å². The molecule has 0 bridgehead atoms. The SMILES string of the molecule is CCCCCCCCCCOc1c(C)c(C)c(C)c2c1C(=O)OC2=O. The predicted molar refractivity (Wildman–Crippen MR) is 98.5 cm³/mol. The number of carbonyl (C=O) groups excluding carboxylic acids is 2. The molecule has 138 valence electrons. The third-order valence-corrected chi connectivity index (χ3v) is 5.16. The fraction of sp³-hybridized carbons (Fsp3) is 0.619. The van der Waals surface area contributed by atoms with Crippen LogP contribution < -0.4 is 4.74 Å². The van der Waals surface area contributed by atoms with Gasteiger partial charge in [0, 0.05) is 0 Å². The smallest absolute Gasteiger partial charge is 0.350 e. The third-order valence-electron chi connectivity index (χ3n) is 5.16. The average molecular weight is 346 g/mol. The first-order valence-corrected chi connectivity index (χ1v) is 9.52. The number of cyclic esters (lactones) is 2. The van der Waals surface area contributed by atoms with Crippen molar-refractivity contribution in [1.82, 2.24) is 0 Å². The number of unbranched alkanes of at least 4 members (excludes halogenated alkanes) is 7. The molecule has 0 atom stereocenters. The molecule has 0 saturated carbocycles. The Labute approximate surface area is 150 Å². The predicted octanol–water partition coefficient (Wildman–Crippen LogP) is 5.44. The summed E-state index contributed by atoms with van der Waals surface area (Å²) in [5, 5.41) is 0. The quantitative estimate of drug-likeness (QED) is 0.321. The van der Waals surface area contributed by atoms with E-state index in [4.69, 9.17) is 9.47 Å². The fourth-order valence-corrected chi connectivity index (χ4v) is 3.35. The Morgan fingerprint density at radius 3 is 1.92 bits per heavy atom. The number of fused-ring (bicyclic) bond motifs is 1. The number of hydrogen-bond acceptors (Lipinski definition) is 4. The Morgan fingerprint density at radius 2 is 1.28 bits per heavy atom. The maximum atomic E-state index is 12.0. The minimum Gasteiger partial charge on any atom is -0.492 e. The zero-order valence-electron chi connectivity index (χ0n) is 16.0. The van der Waals surface area contributed by atoms with Crippen LogP contribution in [-0.4, -0.2) is 18.5 Å². The van der Waals surface area contributed by atoms with Gasteiger partial charge in [-0.3, -0.25) is 0 Å². The van der Waals surface area contributed by atoms with Gasteiger partial charge in [0.25, 0.3) is 0 Å². The molecular formula is C21H30O4. The van der Waals surface area contributed by atoms with Gasteiger partial charge in [0.2, 0.25) is 0 Å². The van der Waals surface area contributed by atoms with E-state index >= 15 is 0 Å². The Balaban J connectivity index is 1.92. The molecule has 0 saturated heterocycles. The van der Waals surface area contributed by atoms with E-state index in [0.29, 0.717) is 23.5 Å². The van der Waals surface area contributed by atoms with E-state index in [-0.39, 0.29) is 0 Å². The van der Waals surface area contributed by atoms with Gasteiger partial charge in [0.05, 0.1) is 12.2 Å². The summed E-state index contributed by atoms with van der Waals surface area (Å²) in [6.07, 6.45) is 9.83. The minimum atomic E-state index is -0.586. The van der Waals surface area contributed by atoms with Crippen LogP contribution in [0.3, 0.4) is 0 Å². The van der Waals surface area contributed by atoms with E-state index in [1.54, 1.807) is 0 Å². The van der Waals surface area contributed by atoms with E-state index in [1.807, 2.05) is 20.8 Å². The van der Waals surface area contributed by atoms with E-state index in [1.165, 1.54) is 38.5 Å². The average Bonchev–Trinajstić information content (AvgIpc) is 2.88. The molecule has 4 nitrogen and oxygen atoms in total. The summed E-state index contributed by atoms with van der Waals surface area (Å²) < 4.78 is 10.7. The highest BCUT2D eigenvalue weighted by molar-refractivity contribution is 6.17. The van der Waals surface area contributed by atoms with Crippen LogP contribution in [-0.2, 0) is 4.74 Å². The van der Waals surface area contributed by atoms with Gasteiger partial charge in [-0.15, -0.1) is 0 Å².